The van der Waals surface area contributed by atoms with Gasteiger partial charge in [0.2, 0.25) is 5.91 Å². The maximum absolute atomic E-state index is 12.3. The number of aryl methyl sites for hydroxylation is 2. The largest absolute Gasteiger partial charge is 0.323 e. The number of carbonyl (C=O) groups excluding carboxylic acids is 2. The Labute approximate surface area is 156 Å². The average molecular weight is 367 g/mol. The maximum Gasteiger partial charge on any atom is 0.224 e. The highest BCUT2D eigenvalue weighted by atomic mass is 32.1. The van der Waals surface area contributed by atoms with E-state index in [0.29, 0.717) is 10.6 Å². The van der Waals surface area contributed by atoms with E-state index >= 15 is 0 Å². The number of aromatic nitrogens is 2. The Morgan fingerprint density at radius 1 is 1.04 bits per heavy atom. The summed E-state index contributed by atoms with van der Waals surface area (Å²) < 4.78 is 1.81. The second kappa shape index (κ2) is 7.66. The van der Waals surface area contributed by atoms with Crippen LogP contribution in [0.1, 0.15) is 38.8 Å². The summed E-state index contributed by atoms with van der Waals surface area (Å²) in [5, 5.41) is 7.43. The third-order valence-electron chi connectivity index (χ3n) is 4.15. The van der Waals surface area contributed by atoms with Crippen molar-refractivity contribution < 1.29 is 9.59 Å². The first-order chi connectivity index (χ1) is 12.5. The Morgan fingerprint density at radius 3 is 2.42 bits per heavy atom. The summed E-state index contributed by atoms with van der Waals surface area (Å²) in [6, 6.07) is 13.5. The minimum absolute atomic E-state index is 0.00618. The van der Waals surface area contributed by atoms with Crippen LogP contribution in [0, 0.1) is 20.8 Å². The summed E-state index contributed by atoms with van der Waals surface area (Å²) in [5.74, 6) is -0.169. The number of ketones is 1. The molecule has 1 N–H and O–H groups in total. The highest BCUT2D eigenvalue weighted by Gasteiger charge is 2.16. The van der Waals surface area contributed by atoms with Crippen molar-refractivity contribution >= 4 is 28.7 Å². The SMILES string of the molecule is Cc1ccc(C(=O)CCC(=O)Nc2c(C)nn(-c3ccccc3)c2C)s1. The Morgan fingerprint density at radius 2 is 1.77 bits per heavy atom. The van der Waals surface area contributed by atoms with Crippen molar-refractivity contribution in [3.8, 4) is 5.69 Å². The van der Waals surface area contributed by atoms with Crippen LogP contribution in [0.5, 0.6) is 0 Å². The summed E-state index contributed by atoms with van der Waals surface area (Å²) in [6.07, 6.45) is 0.363. The molecule has 2 heterocycles. The van der Waals surface area contributed by atoms with Crippen molar-refractivity contribution in [1.82, 2.24) is 9.78 Å². The molecule has 0 unspecified atom stereocenters. The zero-order valence-electron chi connectivity index (χ0n) is 15.1. The molecule has 1 aromatic carbocycles. The van der Waals surface area contributed by atoms with Crippen molar-refractivity contribution in [3.05, 3.63) is 63.6 Å². The van der Waals surface area contributed by atoms with Crippen LogP contribution in [-0.4, -0.2) is 21.5 Å². The van der Waals surface area contributed by atoms with E-state index in [9.17, 15) is 9.59 Å². The topological polar surface area (TPSA) is 64.0 Å². The van der Waals surface area contributed by atoms with Crippen molar-refractivity contribution in [2.24, 2.45) is 0 Å². The molecule has 0 atom stereocenters. The van der Waals surface area contributed by atoms with Gasteiger partial charge in [-0.3, -0.25) is 9.59 Å². The lowest BCUT2D eigenvalue weighted by molar-refractivity contribution is -0.116. The second-order valence-electron chi connectivity index (χ2n) is 6.17. The van der Waals surface area contributed by atoms with E-state index in [1.54, 1.807) is 0 Å². The molecule has 1 amide bonds. The molecule has 134 valence electrons. The summed E-state index contributed by atoms with van der Waals surface area (Å²) in [7, 11) is 0. The van der Waals surface area contributed by atoms with Gasteiger partial charge in [-0.15, -0.1) is 11.3 Å². The number of Topliss-reactive ketones (excluding diaryl/α,β-unsaturated/α-hetero) is 1. The molecule has 0 radical (unpaired) electrons. The van der Waals surface area contributed by atoms with Crippen LogP contribution < -0.4 is 5.32 Å². The van der Waals surface area contributed by atoms with Crippen LogP contribution in [0.3, 0.4) is 0 Å². The average Bonchev–Trinajstić information content (AvgIpc) is 3.19. The Balaban J connectivity index is 1.66. The van der Waals surface area contributed by atoms with Gasteiger partial charge in [-0.2, -0.15) is 5.10 Å². The lowest BCUT2D eigenvalue weighted by atomic mass is 10.2. The standard InChI is InChI=1S/C20H21N3O2S/c1-13-9-11-18(26-13)17(24)10-12-19(25)21-20-14(2)22-23(15(20)3)16-7-5-4-6-8-16/h4-9,11H,10,12H2,1-3H3,(H,21,25). The third kappa shape index (κ3) is 3.91. The quantitative estimate of drug-likeness (QED) is 0.654. The molecular weight excluding hydrogens is 346 g/mol. The minimum Gasteiger partial charge on any atom is -0.323 e. The number of para-hydroxylation sites is 1. The van der Waals surface area contributed by atoms with E-state index in [2.05, 4.69) is 10.4 Å². The Kier molecular flexibility index (Phi) is 5.32. The number of anilines is 1. The first-order valence-electron chi connectivity index (χ1n) is 8.47. The number of benzene rings is 1. The van der Waals surface area contributed by atoms with E-state index in [1.807, 2.05) is 67.9 Å². The van der Waals surface area contributed by atoms with Crippen molar-refractivity contribution in [3.63, 3.8) is 0 Å². The molecule has 0 aliphatic rings. The number of thiophene rings is 1. The highest BCUT2D eigenvalue weighted by Crippen LogP contribution is 2.23. The van der Waals surface area contributed by atoms with E-state index in [1.165, 1.54) is 11.3 Å². The fourth-order valence-corrected chi connectivity index (χ4v) is 3.62. The van der Waals surface area contributed by atoms with Gasteiger partial charge in [0.1, 0.15) is 0 Å². The smallest absolute Gasteiger partial charge is 0.224 e. The molecule has 0 saturated heterocycles. The molecule has 5 nitrogen and oxygen atoms in total. The van der Waals surface area contributed by atoms with E-state index in [4.69, 9.17) is 0 Å². The molecule has 3 aromatic rings. The van der Waals surface area contributed by atoms with Crippen LogP contribution in [0.2, 0.25) is 0 Å². The van der Waals surface area contributed by atoms with Gasteiger partial charge in [0, 0.05) is 17.7 Å². The van der Waals surface area contributed by atoms with Gasteiger partial charge >= 0.3 is 0 Å². The van der Waals surface area contributed by atoms with E-state index in [0.717, 1.165) is 22.0 Å². The molecule has 0 aliphatic heterocycles. The molecule has 0 saturated carbocycles. The predicted octanol–water partition coefficient (Wildman–Crippen LogP) is 4.46. The summed E-state index contributed by atoms with van der Waals surface area (Å²) in [4.78, 5) is 26.3. The van der Waals surface area contributed by atoms with Crippen LogP contribution in [0.4, 0.5) is 5.69 Å². The Bertz CT molecular complexity index is 941. The van der Waals surface area contributed by atoms with Crippen LogP contribution >= 0.6 is 11.3 Å². The van der Waals surface area contributed by atoms with E-state index in [-0.39, 0.29) is 24.5 Å². The van der Waals surface area contributed by atoms with Crippen molar-refractivity contribution in [1.29, 1.82) is 0 Å². The molecule has 0 bridgehead atoms. The van der Waals surface area contributed by atoms with Crippen LogP contribution in [-0.2, 0) is 4.79 Å². The molecule has 0 aliphatic carbocycles. The maximum atomic E-state index is 12.3. The normalized spacial score (nSPS) is 10.7. The number of nitrogens with one attached hydrogen (secondary N) is 1. The number of rotatable bonds is 6. The lowest BCUT2D eigenvalue weighted by Gasteiger charge is -2.07. The van der Waals surface area contributed by atoms with Gasteiger partial charge in [-0.05, 0) is 45.0 Å². The van der Waals surface area contributed by atoms with Gasteiger partial charge in [0.15, 0.2) is 5.78 Å². The zero-order valence-corrected chi connectivity index (χ0v) is 15.9. The lowest BCUT2D eigenvalue weighted by Crippen LogP contribution is -2.14. The fraction of sp³-hybridized carbons (Fsp3) is 0.250. The van der Waals surface area contributed by atoms with Crippen LogP contribution in [0.25, 0.3) is 5.69 Å². The van der Waals surface area contributed by atoms with Gasteiger partial charge < -0.3 is 5.32 Å². The second-order valence-corrected chi connectivity index (χ2v) is 7.46. The van der Waals surface area contributed by atoms with Gasteiger partial charge in [-0.1, -0.05) is 18.2 Å². The molecule has 2 aromatic heterocycles. The molecule has 6 heteroatoms. The number of hydrogen-bond acceptors (Lipinski definition) is 4. The minimum atomic E-state index is -0.176. The van der Waals surface area contributed by atoms with Gasteiger partial charge in [0.05, 0.1) is 27.6 Å². The summed E-state index contributed by atoms with van der Waals surface area (Å²) >= 11 is 1.46. The molecule has 0 spiro atoms. The third-order valence-corrected chi connectivity index (χ3v) is 5.19. The van der Waals surface area contributed by atoms with E-state index < -0.39 is 0 Å². The molecule has 26 heavy (non-hydrogen) atoms. The van der Waals surface area contributed by atoms with Gasteiger partial charge in [0.25, 0.3) is 0 Å². The number of amides is 1. The van der Waals surface area contributed by atoms with Gasteiger partial charge in [-0.25, -0.2) is 4.68 Å². The summed E-state index contributed by atoms with van der Waals surface area (Å²) in [6.45, 7) is 5.74. The first-order valence-corrected chi connectivity index (χ1v) is 9.28. The highest BCUT2D eigenvalue weighted by molar-refractivity contribution is 7.14. The van der Waals surface area contributed by atoms with Crippen molar-refractivity contribution in [2.75, 3.05) is 5.32 Å². The molecule has 3 rings (SSSR count). The fourth-order valence-electron chi connectivity index (χ4n) is 2.78. The zero-order chi connectivity index (χ0) is 18.7. The number of hydrogen-bond donors (Lipinski definition) is 1. The number of nitrogens with zero attached hydrogens (tertiary/aromatic N) is 2. The molecule has 0 fully saturated rings. The summed E-state index contributed by atoms with van der Waals surface area (Å²) in [5.41, 5.74) is 3.26. The van der Waals surface area contributed by atoms with Crippen LogP contribution in [0.15, 0.2) is 42.5 Å². The monoisotopic (exact) mass is 367 g/mol. The van der Waals surface area contributed by atoms with Crippen molar-refractivity contribution in [2.45, 2.75) is 33.6 Å². The molecular formula is C20H21N3O2S. The predicted molar refractivity (Wildman–Crippen MR) is 104 cm³/mol. The Hall–Kier alpha value is -2.73. The number of carbonyl (C=O) groups is 2. The first kappa shape index (κ1) is 18.1.